The van der Waals surface area contributed by atoms with Crippen LogP contribution in [0.4, 0.5) is 4.39 Å². The van der Waals surface area contributed by atoms with E-state index in [9.17, 15) is 4.39 Å². The second-order valence-corrected chi connectivity index (χ2v) is 5.35. The van der Waals surface area contributed by atoms with Crippen LogP contribution in [0.3, 0.4) is 0 Å². The molecule has 1 aromatic heterocycles. The fourth-order valence-corrected chi connectivity index (χ4v) is 3.29. The molecule has 0 aliphatic rings. The number of benzene rings is 1. The first kappa shape index (κ1) is 12.7. The van der Waals surface area contributed by atoms with Crippen LogP contribution in [-0.4, -0.2) is 0 Å². The Morgan fingerprint density at radius 3 is 2.71 bits per heavy atom. The van der Waals surface area contributed by atoms with Crippen molar-refractivity contribution in [3.63, 3.8) is 0 Å². The first-order valence-corrected chi connectivity index (χ1v) is 6.81. The molecule has 90 valence electrons. The van der Waals surface area contributed by atoms with Crippen molar-refractivity contribution in [2.75, 3.05) is 0 Å². The standard InChI is InChI=1S/C12H12BrFN2S/c1-7-3-2-4-8(11(7)14)12(16-15)9-5-17-6-10(9)13/h2-6,12,16H,15H2,1H3. The van der Waals surface area contributed by atoms with Gasteiger partial charge in [0.1, 0.15) is 5.82 Å². The molecule has 2 rings (SSSR count). The molecule has 3 N–H and O–H groups in total. The molecular weight excluding hydrogens is 303 g/mol. The summed E-state index contributed by atoms with van der Waals surface area (Å²) < 4.78 is 15.0. The molecule has 0 aliphatic heterocycles. The predicted molar refractivity (Wildman–Crippen MR) is 72.3 cm³/mol. The van der Waals surface area contributed by atoms with Crippen LogP contribution < -0.4 is 11.3 Å². The Morgan fingerprint density at radius 1 is 1.35 bits per heavy atom. The van der Waals surface area contributed by atoms with E-state index in [4.69, 9.17) is 5.84 Å². The Bertz CT molecular complexity index is 527. The average molecular weight is 315 g/mol. The summed E-state index contributed by atoms with van der Waals surface area (Å²) in [6, 6.07) is 4.99. The monoisotopic (exact) mass is 314 g/mol. The van der Waals surface area contributed by atoms with Crippen molar-refractivity contribution in [3.8, 4) is 0 Å². The second kappa shape index (κ2) is 5.27. The molecule has 0 saturated carbocycles. The molecule has 0 saturated heterocycles. The van der Waals surface area contributed by atoms with E-state index in [0.29, 0.717) is 11.1 Å². The van der Waals surface area contributed by atoms with Gasteiger partial charge in [0.05, 0.1) is 6.04 Å². The minimum Gasteiger partial charge on any atom is -0.271 e. The molecule has 17 heavy (non-hydrogen) atoms. The number of hydrogen-bond donors (Lipinski definition) is 2. The van der Waals surface area contributed by atoms with Crippen molar-refractivity contribution in [2.24, 2.45) is 5.84 Å². The number of thiophene rings is 1. The SMILES string of the molecule is Cc1cccc(C(NN)c2cscc2Br)c1F. The van der Waals surface area contributed by atoms with E-state index in [1.807, 2.05) is 16.8 Å². The number of hydrogen-bond acceptors (Lipinski definition) is 3. The number of aryl methyl sites for hydroxylation is 1. The molecule has 1 aromatic carbocycles. The van der Waals surface area contributed by atoms with Gasteiger partial charge in [0, 0.05) is 15.4 Å². The van der Waals surface area contributed by atoms with Gasteiger partial charge >= 0.3 is 0 Å². The lowest BCUT2D eigenvalue weighted by molar-refractivity contribution is 0.554. The molecular formula is C12H12BrFN2S. The van der Waals surface area contributed by atoms with Crippen LogP contribution in [0.5, 0.6) is 0 Å². The molecule has 1 heterocycles. The zero-order valence-corrected chi connectivity index (χ0v) is 11.6. The van der Waals surface area contributed by atoms with Gasteiger partial charge in [0.2, 0.25) is 0 Å². The summed E-state index contributed by atoms with van der Waals surface area (Å²) in [5.41, 5.74) is 4.79. The van der Waals surface area contributed by atoms with Gasteiger partial charge < -0.3 is 0 Å². The number of nitrogens with two attached hydrogens (primary N) is 1. The topological polar surface area (TPSA) is 38.0 Å². The maximum atomic E-state index is 14.1. The summed E-state index contributed by atoms with van der Waals surface area (Å²) in [5, 5.41) is 3.91. The van der Waals surface area contributed by atoms with Gasteiger partial charge in [0.25, 0.3) is 0 Å². The van der Waals surface area contributed by atoms with Gasteiger partial charge in [-0.15, -0.1) is 0 Å². The number of halogens is 2. The van der Waals surface area contributed by atoms with Crippen LogP contribution in [0, 0.1) is 12.7 Å². The van der Waals surface area contributed by atoms with E-state index >= 15 is 0 Å². The first-order chi connectivity index (χ1) is 8.15. The van der Waals surface area contributed by atoms with E-state index < -0.39 is 0 Å². The molecule has 0 spiro atoms. The van der Waals surface area contributed by atoms with Crippen molar-refractivity contribution in [1.29, 1.82) is 0 Å². The minimum absolute atomic E-state index is 0.214. The van der Waals surface area contributed by atoms with Gasteiger partial charge in [-0.25, -0.2) is 9.82 Å². The van der Waals surface area contributed by atoms with Crippen LogP contribution in [0.1, 0.15) is 22.7 Å². The van der Waals surface area contributed by atoms with Gasteiger partial charge in [0.15, 0.2) is 0 Å². The van der Waals surface area contributed by atoms with Crippen molar-refractivity contribution in [3.05, 3.63) is 55.9 Å². The van der Waals surface area contributed by atoms with Crippen molar-refractivity contribution in [2.45, 2.75) is 13.0 Å². The Morgan fingerprint density at radius 2 is 2.12 bits per heavy atom. The van der Waals surface area contributed by atoms with Gasteiger partial charge in [-0.3, -0.25) is 5.84 Å². The number of rotatable bonds is 3. The highest BCUT2D eigenvalue weighted by molar-refractivity contribution is 9.10. The number of nitrogens with one attached hydrogen (secondary N) is 1. The van der Waals surface area contributed by atoms with Gasteiger partial charge in [-0.05, 0) is 39.4 Å². The minimum atomic E-state index is -0.337. The van der Waals surface area contributed by atoms with Crippen molar-refractivity contribution in [1.82, 2.24) is 5.43 Å². The quantitative estimate of drug-likeness (QED) is 0.672. The Balaban J connectivity index is 2.50. The lowest BCUT2D eigenvalue weighted by Gasteiger charge is -2.17. The highest BCUT2D eigenvalue weighted by Gasteiger charge is 2.20. The first-order valence-electron chi connectivity index (χ1n) is 5.08. The van der Waals surface area contributed by atoms with Crippen LogP contribution in [0.15, 0.2) is 33.4 Å². The van der Waals surface area contributed by atoms with E-state index in [1.165, 1.54) is 0 Å². The summed E-state index contributed by atoms with van der Waals surface area (Å²) in [6.45, 7) is 1.75. The molecule has 5 heteroatoms. The molecule has 1 atom stereocenters. The smallest absolute Gasteiger partial charge is 0.131 e. The Labute approximate surface area is 112 Å². The predicted octanol–water partition coefficient (Wildman–Crippen LogP) is 3.51. The molecule has 0 radical (unpaired) electrons. The summed E-state index contributed by atoms with van der Waals surface area (Å²) in [4.78, 5) is 0. The zero-order chi connectivity index (χ0) is 12.4. The van der Waals surface area contributed by atoms with Crippen molar-refractivity contribution >= 4 is 27.3 Å². The van der Waals surface area contributed by atoms with Gasteiger partial charge in [-0.2, -0.15) is 11.3 Å². The van der Waals surface area contributed by atoms with E-state index in [-0.39, 0.29) is 11.9 Å². The zero-order valence-electron chi connectivity index (χ0n) is 9.21. The fourth-order valence-electron chi connectivity index (χ4n) is 1.74. The van der Waals surface area contributed by atoms with Gasteiger partial charge in [-0.1, -0.05) is 18.2 Å². The maximum Gasteiger partial charge on any atom is 0.131 e. The van der Waals surface area contributed by atoms with E-state index in [0.717, 1.165) is 10.0 Å². The van der Waals surface area contributed by atoms with Crippen molar-refractivity contribution < 1.29 is 4.39 Å². The van der Waals surface area contributed by atoms with E-state index in [1.54, 1.807) is 30.4 Å². The molecule has 0 aliphatic carbocycles. The third kappa shape index (κ3) is 2.42. The maximum absolute atomic E-state index is 14.1. The van der Waals surface area contributed by atoms with Crippen LogP contribution >= 0.6 is 27.3 Å². The molecule has 2 aromatic rings. The third-order valence-corrected chi connectivity index (χ3v) is 4.40. The number of hydrazine groups is 1. The summed E-state index contributed by atoms with van der Waals surface area (Å²) in [5.74, 6) is 5.34. The average Bonchev–Trinajstić information content (AvgIpc) is 2.72. The lowest BCUT2D eigenvalue weighted by Crippen LogP contribution is -2.29. The third-order valence-electron chi connectivity index (χ3n) is 2.65. The van der Waals surface area contributed by atoms with Crippen LogP contribution in [0.25, 0.3) is 0 Å². The summed E-state index contributed by atoms with van der Waals surface area (Å²) in [6.07, 6.45) is 0. The largest absolute Gasteiger partial charge is 0.271 e. The molecule has 2 nitrogen and oxygen atoms in total. The molecule has 0 bridgehead atoms. The highest BCUT2D eigenvalue weighted by Crippen LogP contribution is 2.32. The Kier molecular flexibility index (Phi) is 3.93. The normalized spacial score (nSPS) is 12.7. The fraction of sp³-hybridized carbons (Fsp3) is 0.167. The van der Waals surface area contributed by atoms with Crippen LogP contribution in [-0.2, 0) is 0 Å². The second-order valence-electron chi connectivity index (χ2n) is 3.75. The molecule has 0 amide bonds. The summed E-state index contributed by atoms with van der Waals surface area (Å²) in [7, 11) is 0. The van der Waals surface area contributed by atoms with Crippen LogP contribution in [0.2, 0.25) is 0 Å². The molecule has 1 unspecified atom stereocenters. The summed E-state index contributed by atoms with van der Waals surface area (Å²) >= 11 is 4.99. The Hall–Kier alpha value is -0.750. The lowest BCUT2D eigenvalue weighted by atomic mass is 9.99. The highest BCUT2D eigenvalue weighted by atomic mass is 79.9. The van der Waals surface area contributed by atoms with E-state index in [2.05, 4.69) is 21.4 Å². The molecule has 0 fully saturated rings.